The van der Waals surface area contributed by atoms with Crippen molar-refractivity contribution in [3.63, 3.8) is 0 Å². The van der Waals surface area contributed by atoms with Gasteiger partial charge in [-0.2, -0.15) is 0 Å². The van der Waals surface area contributed by atoms with E-state index in [0.29, 0.717) is 19.2 Å². The Balaban J connectivity index is 2.04. The first-order valence-corrected chi connectivity index (χ1v) is 8.22. The normalized spacial score (nSPS) is 12.1. The van der Waals surface area contributed by atoms with Gasteiger partial charge < -0.3 is 10.1 Å². The maximum atomic E-state index is 12.6. The number of benzene rings is 2. The minimum Gasteiger partial charge on any atom is -0.464 e. The van der Waals surface area contributed by atoms with Gasteiger partial charge in [0.15, 0.2) is 0 Å². The van der Waals surface area contributed by atoms with E-state index in [9.17, 15) is 4.79 Å². The Morgan fingerprint density at radius 1 is 1.00 bits per heavy atom. The summed E-state index contributed by atoms with van der Waals surface area (Å²) in [5.74, 6) is -0.575. The molecule has 0 saturated heterocycles. The van der Waals surface area contributed by atoms with E-state index in [1.807, 2.05) is 60.7 Å². The molecule has 0 aliphatic rings. The van der Waals surface area contributed by atoms with Crippen LogP contribution in [0, 0.1) is 0 Å². The van der Waals surface area contributed by atoms with E-state index in [0.717, 1.165) is 17.5 Å². The third-order valence-corrected chi connectivity index (χ3v) is 3.95. The van der Waals surface area contributed by atoms with Crippen molar-refractivity contribution in [1.29, 1.82) is 0 Å². The van der Waals surface area contributed by atoms with Gasteiger partial charge in [-0.15, -0.1) is 0 Å². The molecule has 1 N–H and O–H groups in total. The molecule has 122 valence electrons. The molecule has 0 spiro atoms. The van der Waals surface area contributed by atoms with Gasteiger partial charge in [-0.1, -0.05) is 67.6 Å². The number of rotatable bonds is 8. The highest BCUT2D eigenvalue weighted by Crippen LogP contribution is 2.25. The molecule has 2 rings (SSSR count). The fraction of sp³-hybridized carbons (Fsp3) is 0.350. The van der Waals surface area contributed by atoms with Crippen LogP contribution in [0.2, 0.25) is 0 Å². The Morgan fingerprint density at radius 2 is 1.52 bits per heavy atom. The molecule has 1 atom stereocenters. The Morgan fingerprint density at radius 3 is 2.00 bits per heavy atom. The van der Waals surface area contributed by atoms with Crippen LogP contribution in [0.1, 0.15) is 37.3 Å². The lowest BCUT2D eigenvalue weighted by atomic mass is 9.91. The number of esters is 1. The van der Waals surface area contributed by atoms with Gasteiger partial charge in [-0.3, -0.25) is 4.79 Å². The van der Waals surface area contributed by atoms with Gasteiger partial charge in [-0.05, 0) is 24.5 Å². The summed E-state index contributed by atoms with van der Waals surface area (Å²) in [6.07, 6.45) is 1.06. The second kappa shape index (κ2) is 9.11. The van der Waals surface area contributed by atoms with Crippen molar-refractivity contribution in [3.05, 3.63) is 71.8 Å². The summed E-state index contributed by atoms with van der Waals surface area (Å²) in [7, 11) is 0. The van der Waals surface area contributed by atoms with Gasteiger partial charge in [0.1, 0.15) is 12.5 Å². The van der Waals surface area contributed by atoms with Crippen LogP contribution in [0.25, 0.3) is 0 Å². The highest BCUT2D eigenvalue weighted by atomic mass is 16.5. The summed E-state index contributed by atoms with van der Waals surface area (Å²) < 4.78 is 5.51. The third-order valence-electron chi connectivity index (χ3n) is 3.95. The average molecular weight is 311 g/mol. The number of carbonyl (C=O) groups excluding carboxylic acids is 1. The molecule has 0 heterocycles. The Labute approximate surface area is 138 Å². The SMILES string of the molecule is CC[C@H](C)NCCOC(=O)C(c1ccccc1)c1ccccc1. The van der Waals surface area contributed by atoms with Crippen molar-refractivity contribution in [1.82, 2.24) is 5.32 Å². The molecule has 0 aromatic heterocycles. The Hall–Kier alpha value is -2.13. The lowest BCUT2D eigenvalue weighted by molar-refractivity contribution is -0.144. The van der Waals surface area contributed by atoms with E-state index in [2.05, 4.69) is 19.2 Å². The smallest absolute Gasteiger partial charge is 0.317 e. The van der Waals surface area contributed by atoms with E-state index in [-0.39, 0.29) is 11.9 Å². The van der Waals surface area contributed by atoms with E-state index < -0.39 is 0 Å². The van der Waals surface area contributed by atoms with Crippen molar-refractivity contribution >= 4 is 5.97 Å². The molecule has 2 aromatic carbocycles. The van der Waals surface area contributed by atoms with Crippen molar-refractivity contribution in [3.8, 4) is 0 Å². The van der Waals surface area contributed by atoms with Crippen LogP contribution in [-0.4, -0.2) is 25.2 Å². The largest absolute Gasteiger partial charge is 0.464 e. The molecule has 0 saturated carbocycles. The highest BCUT2D eigenvalue weighted by molar-refractivity contribution is 5.82. The molecule has 3 heteroatoms. The van der Waals surface area contributed by atoms with E-state index in [1.165, 1.54) is 0 Å². The van der Waals surface area contributed by atoms with Gasteiger partial charge in [-0.25, -0.2) is 0 Å². The molecule has 0 fully saturated rings. The van der Waals surface area contributed by atoms with Crippen molar-refractivity contribution in [2.75, 3.05) is 13.2 Å². The molecule has 0 amide bonds. The van der Waals surface area contributed by atoms with Crippen LogP contribution >= 0.6 is 0 Å². The van der Waals surface area contributed by atoms with Crippen molar-refractivity contribution in [2.45, 2.75) is 32.2 Å². The van der Waals surface area contributed by atoms with Crippen LogP contribution in [0.15, 0.2) is 60.7 Å². The highest BCUT2D eigenvalue weighted by Gasteiger charge is 2.23. The first kappa shape index (κ1) is 17.2. The standard InChI is InChI=1S/C20H25NO2/c1-3-16(2)21-14-15-23-20(22)19(17-10-6-4-7-11-17)18-12-8-5-9-13-18/h4-13,16,19,21H,3,14-15H2,1-2H3/t16-/m0/s1. The van der Waals surface area contributed by atoms with Crippen LogP contribution in [0.3, 0.4) is 0 Å². The Bertz CT molecular complexity index is 544. The topological polar surface area (TPSA) is 38.3 Å². The molecule has 2 aromatic rings. The number of ether oxygens (including phenoxy) is 1. The van der Waals surface area contributed by atoms with Crippen molar-refractivity contribution in [2.24, 2.45) is 0 Å². The summed E-state index contributed by atoms with van der Waals surface area (Å²) in [5.41, 5.74) is 1.91. The number of nitrogens with one attached hydrogen (secondary N) is 1. The quantitative estimate of drug-likeness (QED) is 0.596. The first-order valence-electron chi connectivity index (χ1n) is 8.22. The van der Waals surface area contributed by atoms with Gasteiger partial charge in [0.05, 0.1) is 0 Å². The second-order valence-corrected chi connectivity index (χ2v) is 5.69. The van der Waals surface area contributed by atoms with Crippen LogP contribution < -0.4 is 5.32 Å². The van der Waals surface area contributed by atoms with Crippen molar-refractivity contribution < 1.29 is 9.53 Å². The zero-order chi connectivity index (χ0) is 16.5. The minimum absolute atomic E-state index is 0.201. The summed E-state index contributed by atoms with van der Waals surface area (Å²) in [6.45, 7) is 5.32. The summed E-state index contributed by atoms with van der Waals surface area (Å²) >= 11 is 0. The average Bonchev–Trinajstić information content (AvgIpc) is 2.60. The fourth-order valence-electron chi connectivity index (χ4n) is 2.44. The third kappa shape index (κ3) is 5.22. The van der Waals surface area contributed by atoms with Gasteiger partial charge >= 0.3 is 5.97 Å². The predicted octanol–water partition coefficient (Wildman–Crippen LogP) is 3.75. The molecule has 0 aliphatic carbocycles. The first-order chi connectivity index (χ1) is 11.2. The molecule has 0 aliphatic heterocycles. The monoisotopic (exact) mass is 311 g/mol. The minimum atomic E-state index is -0.374. The molecule has 0 radical (unpaired) electrons. The second-order valence-electron chi connectivity index (χ2n) is 5.69. The fourth-order valence-corrected chi connectivity index (χ4v) is 2.44. The molecular formula is C20H25NO2. The molecule has 23 heavy (non-hydrogen) atoms. The summed E-state index contributed by atoms with van der Waals surface area (Å²) in [5, 5.41) is 3.33. The predicted molar refractivity (Wildman–Crippen MR) is 93.4 cm³/mol. The molecule has 0 bridgehead atoms. The van der Waals surface area contributed by atoms with E-state index in [1.54, 1.807) is 0 Å². The zero-order valence-electron chi connectivity index (χ0n) is 13.9. The molecule has 3 nitrogen and oxygen atoms in total. The van der Waals surface area contributed by atoms with Gasteiger partial charge in [0, 0.05) is 12.6 Å². The van der Waals surface area contributed by atoms with Crippen LogP contribution in [0.4, 0.5) is 0 Å². The Kier molecular flexibility index (Phi) is 6.82. The van der Waals surface area contributed by atoms with E-state index in [4.69, 9.17) is 4.74 Å². The zero-order valence-corrected chi connectivity index (χ0v) is 13.9. The molecular weight excluding hydrogens is 286 g/mol. The number of hydrogen-bond acceptors (Lipinski definition) is 3. The van der Waals surface area contributed by atoms with Crippen LogP contribution in [0.5, 0.6) is 0 Å². The lowest BCUT2D eigenvalue weighted by Gasteiger charge is -2.18. The molecule has 0 unspecified atom stereocenters. The lowest BCUT2D eigenvalue weighted by Crippen LogP contribution is -2.30. The summed E-state index contributed by atoms with van der Waals surface area (Å²) in [4.78, 5) is 12.6. The van der Waals surface area contributed by atoms with Gasteiger partial charge in [0.2, 0.25) is 0 Å². The van der Waals surface area contributed by atoms with E-state index >= 15 is 0 Å². The van der Waals surface area contributed by atoms with Gasteiger partial charge in [0.25, 0.3) is 0 Å². The number of hydrogen-bond donors (Lipinski definition) is 1. The van der Waals surface area contributed by atoms with Crippen LogP contribution in [-0.2, 0) is 9.53 Å². The maximum Gasteiger partial charge on any atom is 0.317 e. The summed E-state index contributed by atoms with van der Waals surface area (Å²) in [6, 6.07) is 20.0. The maximum absolute atomic E-state index is 12.6. The number of carbonyl (C=O) groups is 1.